The highest BCUT2D eigenvalue weighted by molar-refractivity contribution is 6.50. The molecule has 0 saturated carbocycles. The van der Waals surface area contributed by atoms with Gasteiger partial charge in [0.25, 0.3) is 0 Å². The minimum atomic E-state index is -0.528. The van der Waals surface area contributed by atoms with Crippen molar-refractivity contribution in [3.63, 3.8) is 0 Å². The Morgan fingerprint density at radius 1 is 1.00 bits per heavy atom. The molecule has 0 aromatic carbocycles. The van der Waals surface area contributed by atoms with E-state index < -0.39 is 6.99 Å². The first-order chi connectivity index (χ1) is 4.81. The van der Waals surface area contributed by atoms with Gasteiger partial charge in [-0.2, -0.15) is 0 Å². The molecule has 0 fully saturated rings. The van der Waals surface area contributed by atoms with Gasteiger partial charge in [0, 0.05) is 0 Å². The van der Waals surface area contributed by atoms with Crippen LogP contribution in [0.2, 0.25) is 12.6 Å². The van der Waals surface area contributed by atoms with E-state index in [2.05, 4.69) is 13.8 Å². The molecule has 0 bridgehead atoms. The van der Waals surface area contributed by atoms with Crippen LogP contribution >= 0.6 is 0 Å². The normalized spacial score (nSPS) is 9.90. The molecular weight excluding hydrogens is 126 g/mol. The summed E-state index contributed by atoms with van der Waals surface area (Å²) in [5, 5.41) is 0. The second-order valence-electron chi connectivity index (χ2n) is 2.88. The smallest absolute Gasteiger partial charge is 0.336 e. The van der Waals surface area contributed by atoms with Crippen LogP contribution in [0, 0.1) is 0 Å². The highest BCUT2D eigenvalue weighted by Crippen LogP contribution is 2.09. The van der Waals surface area contributed by atoms with Gasteiger partial charge in [-0.3, -0.25) is 0 Å². The molecular formula is C8H18BF. The topological polar surface area (TPSA) is 0 Å². The third-order valence-electron chi connectivity index (χ3n) is 1.74. The predicted molar refractivity (Wildman–Crippen MR) is 46.3 cm³/mol. The van der Waals surface area contributed by atoms with E-state index in [1.54, 1.807) is 0 Å². The van der Waals surface area contributed by atoms with Gasteiger partial charge in [0.1, 0.15) is 0 Å². The van der Waals surface area contributed by atoms with Crippen molar-refractivity contribution in [3.8, 4) is 0 Å². The Morgan fingerprint density at radius 2 is 1.40 bits per heavy atom. The number of unbranched alkanes of at least 4 members (excludes halogenated alkanes) is 2. The molecule has 0 nitrogen and oxygen atoms in total. The summed E-state index contributed by atoms with van der Waals surface area (Å²) in [6.45, 7) is 3.68. The van der Waals surface area contributed by atoms with Gasteiger partial charge in [-0.15, -0.1) is 0 Å². The molecule has 0 rings (SSSR count). The molecule has 0 aliphatic carbocycles. The first-order valence-corrected chi connectivity index (χ1v) is 4.45. The van der Waals surface area contributed by atoms with Gasteiger partial charge in [-0.1, -0.05) is 39.5 Å². The maximum atomic E-state index is 12.8. The second-order valence-corrected chi connectivity index (χ2v) is 2.88. The maximum Gasteiger partial charge on any atom is 0.348 e. The van der Waals surface area contributed by atoms with E-state index >= 15 is 0 Å². The predicted octanol–water partition coefficient (Wildman–Crippen LogP) is 3.55. The van der Waals surface area contributed by atoms with Crippen molar-refractivity contribution in [2.75, 3.05) is 0 Å². The van der Waals surface area contributed by atoms with Crippen molar-refractivity contribution in [2.45, 2.75) is 52.2 Å². The fraction of sp³-hybridized carbons (Fsp3) is 1.00. The molecule has 0 aromatic rings. The fourth-order valence-corrected chi connectivity index (χ4v) is 0.996. The standard InChI is InChI=1S/C8H18BF/c1-3-5-7-9(10)8-6-4-2/h3-8H2,1-2H3. The SMILES string of the molecule is CCCCB(F)CCCC. The summed E-state index contributed by atoms with van der Waals surface area (Å²) in [6.07, 6.45) is 5.88. The summed E-state index contributed by atoms with van der Waals surface area (Å²) < 4.78 is 12.8. The summed E-state index contributed by atoms with van der Waals surface area (Å²) in [6, 6.07) is 0. The minimum Gasteiger partial charge on any atom is -0.336 e. The lowest BCUT2D eigenvalue weighted by molar-refractivity contribution is 0.741. The van der Waals surface area contributed by atoms with Crippen LogP contribution < -0.4 is 0 Å². The quantitative estimate of drug-likeness (QED) is 0.500. The van der Waals surface area contributed by atoms with Crippen LogP contribution in [0.5, 0.6) is 0 Å². The fourth-order valence-electron chi connectivity index (χ4n) is 0.996. The van der Waals surface area contributed by atoms with Gasteiger partial charge in [-0.25, -0.2) is 0 Å². The molecule has 10 heavy (non-hydrogen) atoms. The summed E-state index contributed by atoms with van der Waals surface area (Å²) in [5.41, 5.74) is 0. The van der Waals surface area contributed by atoms with Crippen LogP contribution in [0.15, 0.2) is 0 Å². The van der Waals surface area contributed by atoms with E-state index in [4.69, 9.17) is 0 Å². The molecule has 2 heteroatoms. The Morgan fingerprint density at radius 3 is 1.70 bits per heavy atom. The van der Waals surface area contributed by atoms with Crippen molar-refractivity contribution in [3.05, 3.63) is 0 Å². The van der Waals surface area contributed by atoms with Gasteiger partial charge >= 0.3 is 6.99 Å². The minimum absolute atomic E-state index is 0.528. The van der Waals surface area contributed by atoms with Gasteiger partial charge in [-0.05, 0) is 12.6 Å². The van der Waals surface area contributed by atoms with Gasteiger partial charge in [0.05, 0.1) is 0 Å². The third-order valence-corrected chi connectivity index (χ3v) is 1.74. The largest absolute Gasteiger partial charge is 0.348 e. The third kappa shape index (κ3) is 6.12. The van der Waals surface area contributed by atoms with Crippen molar-refractivity contribution in [1.29, 1.82) is 0 Å². The lowest BCUT2D eigenvalue weighted by Gasteiger charge is -2.00. The van der Waals surface area contributed by atoms with E-state index in [1.807, 2.05) is 0 Å². The zero-order valence-electron chi connectivity index (χ0n) is 7.20. The van der Waals surface area contributed by atoms with Crippen LogP contribution in [0.1, 0.15) is 39.5 Å². The average molecular weight is 144 g/mol. The zero-order valence-corrected chi connectivity index (χ0v) is 7.20. The molecule has 0 aliphatic rings. The van der Waals surface area contributed by atoms with Gasteiger partial charge < -0.3 is 4.32 Å². The second kappa shape index (κ2) is 7.11. The maximum absolute atomic E-state index is 12.8. The Labute approximate surface area is 64.3 Å². The van der Waals surface area contributed by atoms with E-state index in [-0.39, 0.29) is 0 Å². The van der Waals surface area contributed by atoms with Crippen LogP contribution in [0.3, 0.4) is 0 Å². The molecule has 60 valence electrons. The van der Waals surface area contributed by atoms with Crippen molar-refractivity contribution in [1.82, 2.24) is 0 Å². The molecule has 0 aliphatic heterocycles. The van der Waals surface area contributed by atoms with Crippen molar-refractivity contribution < 1.29 is 4.32 Å². The molecule has 0 heterocycles. The summed E-state index contributed by atoms with van der Waals surface area (Å²) >= 11 is 0. The molecule has 0 unspecified atom stereocenters. The molecule has 0 amide bonds. The summed E-state index contributed by atoms with van der Waals surface area (Å²) in [7, 11) is 0. The van der Waals surface area contributed by atoms with E-state index in [0.717, 1.165) is 38.3 Å². The van der Waals surface area contributed by atoms with E-state index in [0.29, 0.717) is 0 Å². The average Bonchev–Trinajstić information content (AvgIpc) is 1.97. The van der Waals surface area contributed by atoms with Crippen LogP contribution in [-0.4, -0.2) is 6.99 Å². The monoisotopic (exact) mass is 144 g/mol. The first-order valence-electron chi connectivity index (χ1n) is 4.45. The van der Waals surface area contributed by atoms with Crippen LogP contribution in [-0.2, 0) is 0 Å². The van der Waals surface area contributed by atoms with Gasteiger partial charge in [0.2, 0.25) is 0 Å². The van der Waals surface area contributed by atoms with E-state index in [1.165, 1.54) is 0 Å². The van der Waals surface area contributed by atoms with Gasteiger partial charge in [0.15, 0.2) is 0 Å². The molecule has 0 atom stereocenters. The van der Waals surface area contributed by atoms with Crippen LogP contribution in [0.4, 0.5) is 4.32 Å². The summed E-state index contributed by atoms with van der Waals surface area (Å²) in [5.74, 6) is 0. The Hall–Kier alpha value is -0.00506. The molecule has 0 saturated heterocycles. The molecule has 0 N–H and O–H groups in total. The first kappa shape index (κ1) is 9.99. The highest BCUT2D eigenvalue weighted by atomic mass is 19.1. The Bertz CT molecular complexity index is 58.3. The van der Waals surface area contributed by atoms with Crippen LogP contribution in [0.25, 0.3) is 0 Å². The number of rotatable bonds is 6. The Balaban J connectivity index is 3.00. The van der Waals surface area contributed by atoms with Crippen molar-refractivity contribution in [2.24, 2.45) is 0 Å². The van der Waals surface area contributed by atoms with E-state index in [9.17, 15) is 4.32 Å². The van der Waals surface area contributed by atoms with Crippen molar-refractivity contribution >= 4 is 6.99 Å². The number of halogens is 1. The number of hydrogen-bond acceptors (Lipinski definition) is 0. The lowest BCUT2D eigenvalue weighted by atomic mass is 9.63. The Kier molecular flexibility index (Phi) is 7.10. The highest BCUT2D eigenvalue weighted by Gasteiger charge is 2.10. The lowest BCUT2D eigenvalue weighted by Crippen LogP contribution is -2.03. The number of hydrogen-bond donors (Lipinski definition) is 0. The molecule has 0 spiro atoms. The molecule has 0 radical (unpaired) electrons. The molecule has 0 aromatic heterocycles. The summed E-state index contributed by atoms with van der Waals surface area (Å²) in [4.78, 5) is 0. The zero-order chi connectivity index (χ0) is 7.82.